The van der Waals surface area contributed by atoms with Crippen molar-refractivity contribution < 1.29 is 14.0 Å². The van der Waals surface area contributed by atoms with Gasteiger partial charge in [0.1, 0.15) is 17.2 Å². The van der Waals surface area contributed by atoms with Crippen molar-refractivity contribution >= 4 is 17.8 Å². The molecule has 7 nitrogen and oxygen atoms in total. The van der Waals surface area contributed by atoms with E-state index in [4.69, 9.17) is 4.98 Å². The highest BCUT2D eigenvalue weighted by molar-refractivity contribution is 5.95. The highest BCUT2D eigenvalue weighted by atomic mass is 19.1. The first-order valence-electron chi connectivity index (χ1n) is 8.83. The number of hydrogen-bond acceptors (Lipinski definition) is 4. The zero-order valence-electron chi connectivity index (χ0n) is 15.5. The Hall–Kier alpha value is -3.55. The fourth-order valence-electron chi connectivity index (χ4n) is 3.37. The largest absolute Gasteiger partial charge is 0.279 e. The number of anilines is 1. The van der Waals surface area contributed by atoms with Crippen molar-refractivity contribution in [2.45, 2.75) is 13.8 Å². The lowest BCUT2D eigenvalue weighted by Gasteiger charge is -2.35. The third kappa shape index (κ3) is 2.92. The highest BCUT2D eigenvalue weighted by Gasteiger charge is 2.33. The molecule has 0 radical (unpaired) electrons. The van der Waals surface area contributed by atoms with E-state index in [0.29, 0.717) is 36.0 Å². The molecule has 8 heteroatoms. The van der Waals surface area contributed by atoms with E-state index in [1.165, 1.54) is 30.9 Å². The fraction of sp³-hybridized carbons (Fsp3) is 0.200. The number of halogens is 1. The SMILES string of the molecule is CC(=O)N1CCN(C(C)=O)n2c1nc(-c1ccc(F)cc1)c2-c1ccncc1. The first-order valence-corrected chi connectivity index (χ1v) is 8.83. The highest BCUT2D eigenvalue weighted by Crippen LogP contribution is 2.37. The molecule has 0 saturated heterocycles. The van der Waals surface area contributed by atoms with Gasteiger partial charge in [-0.25, -0.2) is 19.1 Å². The molecule has 1 aliphatic heterocycles. The van der Waals surface area contributed by atoms with E-state index in [0.717, 1.165) is 5.56 Å². The monoisotopic (exact) mass is 379 g/mol. The molecule has 0 atom stereocenters. The Morgan fingerprint density at radius 3 is 2.21 bits per heavy atom. The number of aromatic nitrogens is 3. The van der Waals surface area contributed by atoms with Crippen LogP contribution < -0.4 is 9.91 Å². The first kappa shape index (κ1) is 17.8. The molecule has 4 rings (SSSR count). The molecule has 2 amide bonds. The van der Waals surface area contributed by atoms with Crippen LogP contribution in [0.15, 0.2) is 48.8 Å². The standard InChI is InChI=1S/C20H18FN5O2/c1-13(27)24-11-12-25(14(2)28)26-19(16-7-9-22-10-8-16)18(23-20(24)26)15-3-5-17(21)6-4-15/h3-10H,11-12H2,1-2H3. The lowest BCUT2D eigenvalue weighted by Crippen LogP contribution is -2.52. The smallest absolute Gasteiger partial charge is 0.238 e. The van der Waals surface area contributed by atoms with E-state index >= 15 is 0 Å². The Morgan fingerprint density at radius 2 is 1.61 bits per heavy atom. The van der Waals surface area contributed by atoms with Gasteiger partial charge in [-0.05, 0) is 36.4 Å². The third-order valence-electron chi connectivity index (χ3n) is 4.67. The number of fused-ring (bicyclic) bond motifs is 1. The first-order chi connectivity index (χ1) is 13.5. The van der Waals surface area contributed by atoms with Crippen molar-refractivity contribution in [2.75, 3.05) is 23.0 Å². The van der Waals surface area contributed by atoms with Crippen LogP contribution in [0.4, 0.5) is 10.3 Å². The van der Waals surface area contributed by atoms with Crippen molar-refractivity contribution in [3.05, 3.63) is 54.6 Å². The van der Waals surface area contributed by atoms with Gasteiger partial charge in [-0.2, -0.15) is 0 Å². The van der Waals surface area contributed by atoms with Crippen molar-refractivity contribution in [3.8, 4) is 22.5 Å². The average molecular weight is 379 g/mol. The molecule has 0 aliphatic carbocycles. The summed E-state index contributed by atoms with van der Waals surface area (Å²) in [6, 6.07) is 9.59. The second-order valence-corrected chi connectivity index (χ2v) is 6.48. The Kier molecular flexibility index (Phi) is 4.38. The summed E-state index contributed by atoms with van der Waals surface area (Å²) < 4.78 is 15.1. The Labute approximate surface area is 161 Å². The van der Waals surface area contributed by atoms with Gasteiger partial charge in [0.05, 0.1) is 6.54 Å². The topological polar surface area (TPSA) is 71.3 Å². The molecule has 0 unspecified atom stereocenters. The van der Waals surface area contributed by atoms with Crippen LogP contribution in [0.1, 0.15) is 13.8 Å². The van der Waals surface area contributed by atoms with Crippen LogP contribution in [0.25, 0.3) is 22.5 Å². The average Bonchev–Trinajstić information content (AvgIpc) is 3.08. The van der Waals surface area contributed by atoms with Crippen LogP contribution in [0.2, 0.25) is 0 Å². The van der Waals surface area contributed by atoms with Crippen LogP contribution in [-0.2, 0) is 9.59 Å². The summed E-state index contributed by atoms with van der Waals surface area (Å²) >= 11 is 0. The van der Waals surface area contributed by atoms with Gasteiger partial charge in [0, 0.05) is 43.9 Å². The number of benzene rings is 1. The zero-order valence-corrected chi connectivity index (χ0v) is 15.5. The van der Waals surface area contributed by atoms with E-state index in [1.54, 1.807) is 34.2 Å². The maximum Gasteiger partial charge on any atom is 0.238 e. The molecular formula is C20H18FN5O2. The van der Waals surface area contributed by atoms with Gasteiger partial charge in [0.15, 0.2) is 0 Å². The van der Waals surface area contributed by atoms with E-state index in [9.17, 15) is 14.0 Å². The molecule has 2 aromatic heterocycles. The maximum atomic E-state index is 13.4. The van der Waals surface area contributed by atoms with Crippen LogP contribution in [0.3, 0.4) is 0 Å². The molecule has 0 fully saturated rings. The van der Waals surface area contributed by atoms with Gasteiger partial charge < -0.3 is 0 Å². The molecule has 1 aliphatic rings. The minimum absolute atomic E-state index is 0.164. The maximum absolute atomic E-state index is 13.4. The molecule has 1 aromatic carbocycles. The predicted octanol–water partition coefficient (Wildman–Crippen LogP) is 2.60. The molecule has 3 heterocycles. The van der Waals surface area contributed by atoms with Crippen LogP contribution in [0.5, 0.6) is 0 Å². The van der Waals surface area contributed by atoms with E-state index in [-0.39, 0.29) is 17.6 Å². The Morgan fingerprint density at radius 1 is 0.929 bits per heavy atom. The molecule has 3 aromatic rings. The van der Waals surface area contributed by atoms with Crippen LogP contribution in [0, 0.1) is 5.82 Å². The second-order valence-electron chi connectivity index (χ2n) is 6.48. The van der Waals surface area contributed by atoms with Crippen molar-refractivity contribution in [2.24, 2.45) is 0 Å². The molecular weight excluding hydrogens is 361 g/mol. The van der Waals surface area contributed by atoms with Crippen molar-refractivity contribution in [3.63, 3.8) is 0 Å². The number of nitrogens with zero attached hydrogens (tertiary/aromatic N) is 5. The number of amides is 2. The normalized spacial score (nSPS) is 13.4. The summed E-state index contributed by atoms with van der Waals surface area (Å²) in [7, 11) is 0. The third-order valence-corrected chi connectivity index (χ3v) is 4.67. The summed E-state index contributed by atoms with van der Waals surface area (Å²) in [6.07, 6.45) is 3.29. The lowest BCUT2D eigenvalue weighted by atomic mass is 10.1. The Bertz CT molecular complexity index is 1050. The number of pyridine rings is 1. The van der Waals surface area contributed by atoms with Gasteiger partial charge in [0.2, 0.25) is 17.8 Å². The molecule has 0 spiro atoms. The summed E-state index contributed by atoms with van der Waals surface area (Å²) in [6.45, 7) is 3.64. The van der Waals surface area contributed by atoms with Crippen molar-refractivity contribution in [1.82, 2.24) is 14.6 Å². The number of carbonyl (C=O) groups is 2. The van der Waals surface area contributed by atoms with Crippen molar-refractivity contribution in [1.29, 1.82) is 0 Å². The number of hydrogen-bond donors (Lipinski definition) is 0. The summed E-state index contributed by atoms with van der Waals surface area (Å²) in [5, 5.41) is 1.56. The number of imidazole rings is 1. The minimum Gasteiger partial charge on any atom is -0.279 e. The summed E-state index contributed by atoms with van der Waals surface area (Å²) in [5.41, 5.74) is 2.66. The van der Waals surface area contributed by atoms with Crippen LogP contribution >= 0.6 is 0 Å². The molecule has 0 saturated carbocycles. The molecule has 0 bridgehead atoms. The second kappa shape index (κ2) is 6.88. The number of rotatable bonds is 2. The molecule has 0 N–H and O–H groups in total. The lowest BCUT2D eigenvalue weighted by molar-refractivity contribution is -0.119. The zero-order chi connectivity index (χ0) is 19.8. The van der Waals surface area contributed by atoms with Gasteiger partial charge in [-0.1, -0.05) is 0 Å². The minimum atomic E-state index is -0.353. The van der Waals surface area contributed by atoms with Gasteiger partial charge in [0.25, 0.3) is 0 Å². The Balaban J connectivity index is 2.04. The predicted molar refractivity (Wildman–Crippen MR) is 103 cm³/mol. The summed E-state index contributed by atoms with van der Waals surface area (Å²) in [5.74, 6) is -0.321. The fourth-order valence-corrected chi connectivity index (χ4v) is 3.37. The molecule has 28 heavy (non-hydrogen) atoms. The molecule has 142 valence electrons. The van der Waals surface area contributed by atoms with Gasteiger partial charge in [-0.3, -0.25) is 19.5 Å². The van der Waals surface area contributed by atoms with E-state index in [1.807, 2.05) is 12.1 Å². The van der Waals surface area contributed by atoms with E-state index in [2.05, 4.69) is 4.98 Å². The van der Waals surface area contributed by atoms with E-state index < -0.39 is 0 Å². The van der Waals surface area contributed by atoms with Gasteiger partial charge >= 0.3 is 0 Å². The summed E-state index contributed by atoms with van der Waals surface area (Å²) in [4.78, 5) is 34.8. The van der Waals surface area contributed by atoms with Crippen LogP contribution in [-0.4, -0.2) is 39.5 Å². The quantitative estimate of drug-likeness (QED) is 0.686. The van der Waals surface area contributed by atoms with Gasteiger partial charge in [-0.15, -0.1) is 0 Å². The number of carbonyl (C=O) groups excluding carboxylic acids is 2.